The molecule has 3 aliphatic carbocycles. The summed E-state index contributed by atoms with van der Waals surface area (Å²) in [6, 6.07) is 9.37. The highest BCUT2D eigenvalue weighted by molar-refractivity contribution is 6.30. The summed E-state index contributed by atoms with van der Waals surface area (Å²) < 4.78 is 18.8. The normalized spacial score (nSPS) is 21.8. The number of ether oxygens (including phenoxy) is 1. The van der Waals surface area contributed by atoms with Crippen molar-refractivity contribution in [2.24, 2.45) is 0 Å². The van der Waals surface area contributed by atoms with Crippen LogP contribution in [0.2, 0.25) is 5.02 Å². The van der Waals surface area contributed by atoms with Crippen molar-refractivity contribution < 1.29 is 23.8 Å². The molecule has 3 aliphatic rings. The molecule has 9 heteroatoms. The molecular formula is C22H21ClFN3O4. The third kappa shape index (κ3) is 4.70. The second-order valence-electron chi connectivity index (χ2n) is 7.79. The highest BCUT2D eigenvalue weighted by Gasteiger charge is 2.51. The molecule has 1 fully saturated rings. The van der Waals surface area contributed by atoms with Gasteiger partial charge in [0.2, 0.25) is 5.91 Å². The fourth-order valence-corrected chi connectivity index (χ4v) is 4.19. The number of carbonyl (C=O) groups is 2. The Morgan fingerprint density at radius 2 is 2.10 bits per heavy atom. The van der Waals surface area contributed by atoms with Crippen molar-refractivity contribution in [3.63, 3.8) is 0 Å². The minimum absolute atomic E-state index is 0.0273. The van der Waals surface area contributed by atoms with Gasteiger partial charge in [-0.3, -0.25) is 14.6 Å². The van der Waals surface area contributed by atoms with E-state index in [0.29, 0.717) is 18.4 Å². The van der Waals surface area contributed by atoms with Gasteiger partial charge in [-0.05, 0) is 37.1 Å². The maximum Gasteiger partial charge on any atom is 0.258 e. The first-order valence-electron chi connectivity index (χ1n) is 9.82. The van der Waals surface area contributed by atoms with Crippen LogP contribution in [-0.4, -0.2) is 40.2 Å². The summed E-state index contributed by atoms with van der Waals surface area (Å²) in [4.78, 5) is 29.0. The zero-order valence-electron chi connectivity index (χ0n) is 16.5. The molecule has 1 aromatic carbocycles. The van der Waals surface area contributed by atoms with Crippen LogP contribution >= 0.6 is 11.6 Å². The highest BCUT2D eigenvalue weighted by Crippen LogP contribution is 2.48. The maximum atomic E-state index is 13.5. The van der Waals surface area contributed by atoms with Gasteiger partial charge in [0, 0.05) is 24.3 Å². The van der Waals surface area contributed by atoms with Crippen molar-refractivity contribution in [3.05, 3.63) is 70.3 Å². The third-order valence-corrected chi connectivity index (χ3v) is 5.77. The van der Waals surface area contributed by atoms with Crippen LogP contribution in [0.5, 0.6) is 5.75 Å². The van der Waals surface area contributed by atoms with Gasteiger partial charge in [-0.2, -0.15) is 0 Å². The Labute approximate surface area is 183 Å². The van der Waals surface area contributed by atoms with Crippen molar-refractivity contribution in [1.29, 1.82) is 0 Å². The number of aromatic nitrogens is 1. The largest absolute Gasteiger partial charge is 0.484 e. The van der Waals surface area contributed by atoms with Crippen LogP contribution in [0.25, 0.3) is 0 Å². The van der Waals surface area contributed by atoms with E-state index in [2.05, 4.69) is 15.6 Å². The van der Waals surface area contributed by atoms with Gasteiger partial charge in [0.25, 0.3) is 5.91 Å². The summed E-state index contributed by atoms with van der Waals surface area (Å²) in [6.45, 7) is -0.0247. The lowest BCUT2D eigenvalue weighted by molar-refractivity contribution is -0.126. The van der Waals surface area contributed by atoms with E-state index in [4.69, 9.17) is 16.3 Å². The number of halogens is 2. The van der Waals surface area contributed by atoms with Crippen LogP contribution in [-0.2, 0) is 16.1 Å². The van der Waals surface area contributed by atoms with E-state index in [9.17, 15) is 19.1 Å². The first-order chi connectivity index (χ1) is 14.8. The van der Waals surface area contributed by atoms with Crippen LogP contribution in [0.3, 0.4) is 0 Å². The second-order valence-corrected chi connectivity index (χ2v) is 8.19. The molecule has 1 aromatic heterocycles. The highest BCUT2D eigenvalue weighted by atomic mass is 35.5. The molecule has 0 saturated heterocycles. The zero-order valence-corrected chi connectivity index (χ0v) is 17.3. The number of aliphatic hydroxyl groups is 1. The fraction of sp³-hybridized carbons (Fsp3) is 0.318. The Bertz CT molecular complexity index is 1040. The first-order valence-corrected chi connectivity index (χ1v) is 10.2. The van der Waals surface area contributed by atoms with E-state index in [1.165, 1.54) is 12.1 Å². The van der Waals surface area contributed by atoms with Crippen molar-refractivity contribution in [1.82, 2.24) is 15.6 Å². The molecule has 0 aliphatic heterocycles. The van der Waals surface area contributed by atoms with E-state index in [-0.39, 0.29) is 42.2 Å². The lowest BCUT2D eigenvalue weighted by atomic mass is 9.61. The van der Waals surface area contributed by atoms with Crippen LogP contribution in [0.4, 0.5) is 4.39 Å². The van der Waals surface area contributed by atoms with E-state index in [0.717, 1.165) is 17.3 Å². The van der Waals surface area contributed by atoms with Gasteiger partial charge in [0.15, 0.2) is 6.61 Å². The molecule has 5 rings (SSSR count). The summed E-state index contributed by atoms with van der Waals surface area (Å²) >= 11 is 5.62. The second kappa shape index (κ2) is 8.64. The Morgan fingerprint density at radius 3 is 2.77 bits per heavy atom. The zero-order chi connectivity index (χ0) is 22.0. The van der Waals surface area contributed by atoms with Crippen LogP contribution in [0, 0.1) is 5.82 Å². The summed E-state index contributed by atoms with van der Waals surface area (Å²) in [5, 5.41) is 16.2. The van der Waals surface area contributed by atoms with E-state index in [1.54, 1.807) is 18.3 Å². The average Bonchev–Trinajstić information content (AvgIpc) is 2.72. The number of nitrogens with one attached hydrogen (secondary N) is 2. The molecule has 0 radical (unpaired) electrons. The number of amides is 2. The molecule has 1 saturated carbocycles. The van der Waals surface area contributed by atoms with E-state index in [1.807, 2.05) is 6.07 Å². The molecule has 1 heterocycles. The topological polar surface area (TPSA) is 101 Å². The molecule has 1 atom stereocenters. The van der Waals surface area contributed by atoms with Gasteiger partial charge in [-0.1, -0.05) is 23.2 Å². The first kappa shape index (κ1) is 21.3. The lowest BCUT2D eigenvalue weighted by Gasteiger charge is -2.51. The van der Waals surface area contributed by atoms with Gasteiger partial charge < -0.3 is 20.5 Å². The number of hydrogen-bond acceptors (Lipinski definition) is 5. The number of hydrogen-bond donors (Lipinski definition) is 3. The molecule has 0 spiro atoms. The third-order valence-electron chi connectivity index (χ3n) is 5.47. The number of carbonyl (C=O) groups excluding carboxylic acids is 2. The van der Waals surface area contributed by atoms with Crippen LogP contribution < -0.4 is 15.4 Å². The number of aliphatic hydroxyl groups excluding tert-OH is 1. The Hall–Kier alpha value is -2.97. The Kier molecular flexibility index (Phi) is 5.93. The number of benzene rings is 1. The number of nitrogens with zero attached hydrogens (tertiary/aromatic N) is 1. The summed E-state index contributed by atoms with van der Waals surface area (Å²) in [5.41, 5.74) is 1.34. The van der Waals surface area contributed by atoms with E-state index >= 15 is 0 Å². The Morgan fingerprint density at radius 1 is 1.29 bits per heavy atom. The van der Waals surface area contributed by atoms with Crippen molar-refractivity contribution in [2.45, 2.75) is 37.5 Å². The van der Waals surface area contributed by atoms with Crippen molar-refractivity contribution in [2.75, 3.05) is 6.61 Å². The minimum atomic E-state index is -0.965. The van der Waals surface area contributed by atoms with Gasteiger partial charge in [0.1, 0.15) is 11.6 Å². The van der Waals surface area contributed by atoms with Crippen LogP contribution in [0.15, 0.2) is 53.7 Å². The van der Waals surface area contributed by atoms with Gasteiger partial charge >= 0.3 is 0 Å². The van der Waals surface area contributed by atoms with Gasteiger partial charge in [-0.25, -0.2) is 4.39 Å². The lowest BCUT2D eigenvalue weighted by Crippen LogP contribution is -2.61. The van der Waals surface area contributed by atoms with Gasteiger partial charge in [0.05, 0.1) is 28.9 Å². The molecule has 7 nitrogen and oxygen atoms in total. The van der Waals surface area contributed by atoms with E-state index < -0.39 is 17.5 Å². The number of rotatable bonds is 7. The maximum absolute atomic E-state index is 13.5. The molecule has 2 aromatic rings. The molecule has 162 valence electrons. The Balaban J connectivity index is 1.31. The fourth-order valence-electron chi connectivity index (χ4n) is 4.08. The quantitative estimate of drug-likeness (QED) is 0.607. The van der Waals surface area contributed by atoms with Gasteiger partial charge in [-0.15, -0.1) is 0 Å². The van der Waals surface area contributed by atoms with Crippen molar-refractivity contribution in [3.8, 4) is 5.75 Å². The number of pyridine rings is 1. The monoisotopic (exact) mass is 445 g/mol. The molecule has 2 amide bonds. The molecule has 1 unspecified atom stereocenters. The SMILES string of the molecule is O=C(COc1ccc(Cl)c(F)c1)NC12CC(=C(C(=O)NCc3ccccn3)C(O)C1)C2. The number of fused-ring (bicyclic) bond motifs is 2. The van der Waals surface area contributed by atoms with Crippen molar-refractivity contribution >= 4 is 23.4 Å². The molecule has 3 N–H and O–H groups in total. The minimum Gasteiger partial charge on any atom is -0.484 e. The average molecular weight is 446 g/mol. The summed E-state index contributed by atoms with van der Waals surface area (Å²) in [6.07, 6.45) is 1.92. The summed E-state index contributed by atoms with van der Waals surface area (Å²) in [7, 11) is 0. The molecule has 2 bridgehead atoms. The van der Waals surface area contributed by atoms with Crippen LogP contribution in [0.1, 0.15) is 25.0 Å². The standard InChI is InChI=1S/C22H21ClFN3O4/c23-16-5-4-15(7-17(16)24)31-12-19(29)27-22-8-13(9-22)20(18(28)10-22)21(30)26-11-14-3-1-2-6-25-14/h1-7,18,28H,8-12H2,(H,26,30)(H,27,29). The predicted octanol–water partition coefficient (Wildman–Crippen LogP) is 2.28. The molecule has 31 heavy (non-hydrogen) atoms. The molecular weight excluding hydrogens is 425 g/mol. The predicted molar refractivity (Wildman–Crippen MR) is 111 cm³/mol. The smallest absolute Gasteiger partial charge is 0.258 e. The summed E-state index contributed by atoms with van der Waals surface area (Å²) in [5.74, 6) is -1.14.